The number of aromatic nitrogens is 1. The van der Waals surface area contributed by atoms with E-state index in [1.807, 2.05) is 6.07 Å². The van der Waals surface area contributed by atoms with Crippen molar-refractivity contribution in [1.82, 2.24) is 9.99 Å². The molecule has 160 valence electrons. The Kier molecular flexibility index (Phi) is 6.35. The number of carbonyl (C=O) groups excluding carboxylic acids is 1. The molecule has 0 saturated carbocycles. The van der Waals surface area contributed by atoms with Crippen molar-refractivity contribution in [3.8, 4) is 6.07 Å². The van der Waals surface area contributed by atoms with Crippen LogP contribution in [-0.2, 0) is 4.79 Å². The number of hydrogen-bond acceptors (Lipinski definition) is 5. The van der Waals surface area contributed by atoms with E-state index in [-0.39, 0.29) is 24.2 Å². The van der Waals surface area contributed by atoms with Gasteiger partial charge in [0.1, 0.15) is 18.4 Å². The molecule has 0 bridgehead atoms. The topological polar surface area (TPSA) is 81.4 Å². The molecule has 0 spiro atoms. The highest BCUT2D eigenvalue weighted by atomic mass is 35.5. The minimum absolute atomic E-state index is 0.00226. The predicted molar refractivity (Wildman–Crippen MR) is 121 cm³/mol. The van der Waals surface area contributed by atoms with Crippen molar-refractivity contribution in [2.75, 3.05) is 18.4 Å². The van der Waals surface area contributed by atoms with Crippen molar-refractivity contribution in [3.63, 3.8) is 0 Å². The van der Waals surface area contributed by atoms with Gasteiger partial charge in [0, 0.05) is 11.9 Å². The summed E-state index contributed by atoms with van der Waals surface area (Å²) in [7, 11) is 0. The van der Waals surface area contributed by atoms with Gasteiger partial charge in [-0.2, -0.15) is 10.4 Å². The van der Waals surface area contributed by atoms with Crippen LogP contribution in [0.3, 0.4) is 0 Å². The summed E-state index contributed by atoms with van der Waals surface area (Å²) in [5, 5.41) is 18.8. The maximum atomic E-state index is 13.4. The second kappa shape index (κ2) is 9.35. The van der Waals surface area contributed by atoms with Crippen molar-refractivity contribution < 1.29 is 9.18 Å². The Balaban J connectivity index is 1.55. The zero-order chi connectivity index (χ0) is 22.7. The number of pyridine rings is 1. The van der Waals surface area contributed by atoms with Gasteiger partial charge in [0.15, 0.2) is 0 Å². The first-order valence-electron chi connectivity index (χ1n) is 9.63. The van der Waals surface area contributed by atoms with Gasteiger partial charge in [0.2, 0.25) is 5.91 Å². The van der Waals surface area contributed by atoms with Crippen molar-refractivity contribution in [2.24, 2.45) is 5.10 Å². The molecule has 1 unspecified atom stereocenters. The van der Waals surface area contributed by atoms with Gasteiger partial charge in [0.05, 0.1) is 39.5 Å². The molecule has 1 aliphatic rings. The third kappa shape index (κ3) is 4.88. The van der Waals surface area contributed by atoms with E-state index >= 15 is 0 Å². The summed E-state index contributed by atoms with van der Waals surface area (Å²) >= 11 is 11.9. The van der Waals surface area contributed by atoms with Gasteiger partial charge in [-0.05, 0) is 48.0 Å². The lowest BCUT2D eigenvalue weighted by Crippen LogP contribution is -2.29. The fraction of sp³-hybridized carbons (Fsp3) is 0.130. The molecule has 1 atom stereocenters. The highest BCUT2D eigenvalue weighted by molar-refractivity contribution is 6.42. The van der Waals surface area contributed by atoms with Crippen LogP contribution in [0.2, 0.25) is 10.0 Å². The summed E-state index contributed by atoms with van der Waals surface area (Å²) in [6.07, 6.45) is 1.50. The van der Waals surface area contributed by atoms with Crippen LogP contribution in [0.15, 0.2) is 65.9 Å². The summed E-state index contributed by atoms with van der Waals surface area (Å²) in [6.45, 7) is 0.401. The molecular formula is C23H16Cl2FN5O. The number of nitrogens with one attached hydrogen (secondary N) is 1. The Hall–Kier alpha value is -3.47. The van der Waals surface area contributed by atoms with E-state index in [1.54, 1.807) is 47.5 Å². The van der Waals surface area contributed by atoms with Gasteiger partial charge in [-0.3, -0.25) is 14.8 Å². The molecule has 0 fully saturated rings. The standard InChI is InChI=1S/C23H16Cl2FN5O/c24-19-7-6-17(9-20(19)25)29-22(32)13-31-12-18(21-8-1-14(10-27)11-28-21)23(30-31)15-2-4-16(26)5-3-15/h1-9,11,18H,12-13H2,(H,29,32). The molecule has 3 aromatic rings. The van der Waals surface area contributed by atoms with Gasteiger partial charge >= 0.3 is 0 Å². The molecule has 1 aliphatic heterocycles. The number of nitrogens with zero attached hydrogens (tertiary/aromatic N) is 4. The Morgan fingerprint density at radius 2 is 1.94 bits per heavy atom. The van der Waals surface area contributed by atoms with Crippen LogP contribution >= 0.6 is 23.2 Å². The Bertz CT molecular complexity index is 1220. The Morgan fingerprint density at radius 3 is 2.59 bits per heavy atom. The van der Waals surface area contributed by atoms with E-state index in [0.717, 1.165) is 5.56 Å². The Morgan fingerprint density at radius 1 is 1.16 bits per heavy atom. The fourth-order valence-corrected chi connectivity index (χ4v) is 3.69. The molecule has 6 nitrogen and oxygen atoms in total. The molecule has 0 aliphatic carbocycles. The average molecular weight is 468 g/mol. The number of amides is 1. The molecule has 1 amide bonds. The summed E-state index contributed by atoms with van der Waals surface area (Å²) in [5.74, 6) is -0.872. The second-order valence-corrected chi connectivity index (χ2v) is 7.97. The first kappa shape index (κ1) is 21.8. The summed E-state index contributed by atoms with van der Waals surface area (Å²) in [5.41, 5.74) is 3.08. The SMILES string of the molecule is N#Cc1ccc(C2CN(CC(=O)Nc3ccc(Cl)c(Cl)c3)N=C2c2ccc(F)cc2)nc1. The fourth-order valence-electron chi connectivity index (χ4n) is 3.39. The van der Waals surface area contributed by atoms with E-state index in [1.165, 1.54) is 18.3 Å². The molecule has 9 heteroatoms. The quantitative estimate of drug-likeness (QED) is 0.581. The first-order valence-corrected chi connectivity index (χ1v) is 10.4. The molecule has 2 heterocycles. The van der Waals surface area contributed by atoms with Crippen LogP contribution in [0.4, 0.5) is 10.1 Å². The minimum Gasteiger partial charge on any atom is -0.324 e. The number of carbonyl (C=O) groups is 1. The summed E-state index contributed by atoms with van der Waals surface area (Å²) in [6, 6.07) is 16.3. The smallest absolute Gasteiger partial charge is 0.245 e. The number of hydrogen-bond donors (Lipinski definition) is 1. The van der Waals surface area contributed by atoms with Crippen LogP contribution in [-0.4, -0.2) is 34.7 Å². The molecule has 32 heavy (non-hydrogen) atoms. The van der Waals surface area contributed by atoms with E-state index in [4.69, 9.17) is 28.5 Å². The molecule has 4 rings (SSSR count). The number of hydrazone groups is 1. The van der Waals surface area contributed by atoms with E-state index < -0.39 is 0 Å². The third-order valence-corrected chi connectivity index (χ3v) is 5.65. The van der Waals surface area contributed by atoms with Crippen molar-refractivity contribution >= 4 is 40.5 Å². The summed E-state index contributed by atoms with van der Waals surface area (Å²) < 4.78 is 13.4. The highest BCUT2D eigenvalue weighted by Crippen LogP contribution is 2.28. The van der Waals surface area contributed by atoms with Crippen molar-refractivity contribution in [2.45, 2.75) is 5.92 Å². The average Bonchev–Trinajstić information content (AvgIpc) is 3.20. The Labute approximate surface area is 193 Å². The zero-order valence-electron chi connectivity index (χ0n) is 16.6. The minimum atomic E-state index is -0.349. The van der Waals surface area contributed by atoms with Gasteiger partial charge in [-0.25, -0.2) is 4.39 Å². The third-order valence-electron chi connectivity index (χ3n) is 4.91. The van der Waals surface area contributed by atoms with E-state index in [9.17, 15) is 9.18 Å². The number of nitriles is 1. The maximum Gasteiger partial charge on any atom is 0.245 e. The number of anilines is 1. The highest BCUT2D eigenvalue weighted by Gasteiger charge is 2.31. The zero-order valence-corrected chi connectivity index (χ0v) is 18.1. The van der Waals surface area contributed by atoms with Crippen LogP contribution in [0.5, 0.6) is 0 Å². The van der Waals surface area contributed by atoms with Crippen LogP contribution in [0.1, 0.15) is 22.7 Å². The van der Waals surface area contributed by atoms with Gasteiger partial charge in [-0.1, -0.05) is 35.3 Å². The normalized spacial score (nSPS) is 15.2. The van der Waals surface area contributed by atoms with Gasteiger partial charge < -0.3 is 5.32 Å². The van der Waals surface area contributed by atoms with Gasteiger partial charge in [0.25, 0.3) is 0 Å². The maximum absolute atomic E-state index is 13.4. The first-order chi connectivity index (χ1) is 15.4. The van der Waals surface area contributed by atoms with E-state index in [2.05, 4.69) is 15.4 Å². The molecule has 2 aromatic carbocycles. The molecule has 1 aromatic heterocycles. The monoisotopic (exact) mass is 467 g/mol. The molecule has 1 N–H and O–H groups in total. The van der Waals surface area contributed by atoms with Crippen LogP contribution < -0.4 is 5.32 Å². The van der Waals surface area contributed by atoms with Gasteiger partial charge in [-0.15, -0.1) is 0 Å². The molecular weight excluding hydrogens is 452 g/mol. The van der Waals surface area contributed by atoms with Crippen LogP contribution in [0.25, 0.3) is 0 Å². The second-order valence-electron chi connectivity index (χ2n) is 7.15. The summed E-state index contributed by atoms with van der Waals surface area (Å²) in [4.78, 5) is 17.0. The lowest BCUT2D eigenvalue weighted by atomic mass is 9.94. The number of halogens is 3. The number of benzene rings is 2. The van der Waals surface area contributed by atoms with Crippen molar-refractivity contribution in [3.05, 3.63) is 93.5 Å². The molecule has 0 saturated heterocycles. The van der Waals surface area contributed by atoms with Crippen LogP contribution in [0, 0.1) is 17.1 Å². The van der Waals surface area contributed by atoms with Crippen molar-refractivity contribution in [1.29, 1.82) is 5.26 Å². The molecule has 0 radical (unpaired) electrons. The largest absolute Gasteiger partial charge is 0.324 e. The lowest BCUT2D eigenvalue weighted by Gasteiger charge is -2.16. The van der Waals surface area contributed by atoms with E-state index in [0.29, 0.717) is 39.2 Å². The number of rotatable bonds is 5. The predicted octanol–water partition coefficient (Wildman–Crippen LogP) is 4.84. The lowest BCUT2D eigenvalue weighted by molar-refractivity contribution is -0.117.